The molecule has 1 aromatic rings. The van der Waals surface area contributed by atoms with Gasteiger partial charge in [-0.3, -0.25) is 4.79 Å². The standard InChI is InChI=1S/C20H25NO5.C2H4O.C2H6.CH4O/c1-13-6-14-8-17-18(25-12-24-17)9-15(14)11-21-19(22)10-16(7-13)26-20-4-2-3-5-23-20;1-2-3;2*1-2/h8-9,16,20H,1-7,10-12H2,(H,21,22);2H,1H3;1-2H3;2H,1H3/t16-,20?;;;/m1.../s1. The zero-order valence-corrected chi connectivity index (χ0v) is 20.4. The van der Waals surface area contributed by atoms with Gasteiger partial charge >= 0.3 is 0 Å². The Morgan fingerprint density at radius 1 is 1.12 bits per heavy atom. The summed E-state index contributed by atoms with van der Waals surface area (Å²) in [6.07, 6.45) is 5.08. The normalized spacial score (nSPS) is 21.4. The highest BCUT2D eigenvalue weighted by Gasteiger charge is 2.25. The van der Waals surface area contributed by atoms with E-state index in [4.69, 9.17) is 28.8 Å². The summed E-state index contributed by atoms with van der Waals surface area (Å²) in [5.41, 5.74) is 3.19. The van der Waals surface area contributed by atoms with Gasteiger partial charge in [0.25, 0.3) is 0 Å². The maximum absolute atomic E-state index is 12.4. The molecule has 8 nitrogen and oxygen atoms in total. The Bertz CT molecular complexity index is 745. The number of carbonyl (C=O) groups excluding carboxylic acids is 2. The molecule has 3 aliphatic rings. The molecule has 4 rings (SSSR count). The minimum atomic E-state index is -0.210. The van der Waals surface area contributed by atoms with Gasteiger partial charge in [0.15, 0.2) is 17.8 Å². The van der Waals surface area contributed by atoms with Crippen LogP contribution in [0.25, 0.3) is 0 Å². The lowest BCUT2D eigenvalue weighted by atomic mass is 9.94. The van der Waals surface area contributed by atoms with Crippen LogP contribution in [0.4, 0.5) is 0 Å². The zero-order chi connectivity index (χ0) is 24.6. The van der Waals surface area contributed by atoms with Crippen molar-refractivity contribution in [2.45, 2.75) is 78.2 Å². The first-order valence-corrected chi connectivity index (χ1v) is 11.6. The molecule has 0 saturated carbocycles. The van der Waals surface area contributed by atoms with Gasteiger partial charge in [-0.1, -0.05) is 26.0 Å². The molecule has 0 spiro atoms. The van der Waals surface area contributed by atoms with Crippen molar-refractivity contribution in [2.24, 2.45) is 0 Å². The summed E-state index contributed by atoms with van der Waals surface area (Å²) < 4.78 is 22.7. The third-order valence-corrected chi connectivity index (χ3v) is 5.02. The lowest BCUT2D eigenvalue weighted by Crippen LogP contribution is -2.34. The summed E-state index contributed by atoms with van der Waals surface area (Å²) in [7, 11) is 1.00. The molecule has 2 N–H and O–H groups in total. The van der Waals surface area contributed by atoms with Crippen molar-refractivity contribution >= 4 is 12.2 Å². The van der Waals surface area contributed by atoms with Crippen LogP contribution in [-0.4, -0.2) is 50.2 Å². The van der Waals surface area contributed by atoms with Crippen LogP contribution in [0.3, 0.4) is 0 Å². The molecular weight excluding hydrogens is 426 g/mol. The molecule has 0 radical (unpaired) electrons. The van der Waals surface area contributed by atoms with Crippen molar-refractivity contribution in [2.75, 3.05) is 20.5 Å². The molecule has 33 heavy (non-hydrogen) atoms. The molecule has 186 valence electrons. The van der Waals surface area contributed by atoms with Crippen LogP contribution in [0.1, 0.15) is 64.0 Å². The number of aliphatic hydroxyl groups is 1. The Hall–Kier alpha value is -2.42. The van der Waals surface area contributed by atoms with Crippen molar-refractivity contribution in [3.8, 4) is 11.5 Å². The maximum atomic E-state index is 12.4. The lowest BCUT2D eigenvalue weighted by Gasteiger charge is -2.28. The minimum absolute atomic E-state index is 0.0240. The van der Waals surface area contributed by atoms with Crippen LogP contribution in [-0.2, 0) is 32.0 Å². The van der Waals surface area contributed by atoms with Crippen molar-refractivity contribution in [3.05, 3.63) is 35.4 Å². The van der Waals surface area contributed by atoms with E-state index in [9.17, 15) is 4.79 Å². The van der Waals surface area contributed by atoms with Crippen LogP contribution >= 0.6 is 0 Å². The molecule has 3 aliphatic heterocycles. The smallest absolute Gasteiger partial charge is 0.231 e. The number of nitrogens with one attached hydrogen (secondary N) is 1. The van der Waals surface area contributed by atoms with Crippen LogP contribution in [0, 0.1) is 0 Å². The van der Waals surface area contributed by atoms with E-state index in [0.717, 1.165) is 73.9 Å². The summed E-state index contributed by atoms with van der Waals surface area (Å²) in [6, 6.07) is 3.95. The Balaban J connectivity index is 0.000000705. The highest BCUT2D eigenvalue weighted by atomic mass is 16.7. The number of carbonyl (C=O) groups is 2. The van der Waals surface area contributed by atoms with Gasteiger partial charge in [0, 0.05) is 20.3 Å². The molecular formula is C25H39NO7. The van der Waals surface area contributed by atoms with Gasteiger partial charge in [-0.15, -0.1) is 0 Å². The molecule has 0 bridgehead atoms. The molecule has 1 unspecified atom stereocenters. The number of amides is 1. The number of hydrogen-bond donors (Lipinski definition) is 2. The van der Waals surface area contributed by atoms with Crippen LogP contribution in [0.5, 0.6) is 11.5 Å². The molecule has 1 saturated heterocycles. The quantitative estimate of drug-likeness (QED) is 0.507. The average Bonchev–Trinajstić information content (AvgIpc) is 3.28. The first kappa shape index (κ1) is 28.6. The summed E-state index contributed by atoms with van der Waals surface area (Å²) >= 11 is 0. The summed E-state index contributed by atoms with van der Waals surface area (Å²) in [4.78, 5) is 21.2. The van der Waals surface area contributed by atoms with Gasteiger partial charge in [0.1, 0.15) is 6.29 Å². The molecule has 3 heterocycles. The van der Waals surface area contributed by atoms with E-state index in [-0.39, 0.29) is 25.1 Å². The van der Waals surface area contributed by atoms with Gasteiger partial charge < -0.3 is 34.2 Å². The van der Waals surface area contributed by atoms with E-state index in [2.05, 4.69) is 11.9 Å². The van der Waals surface area contributed by atoms with E-state index in [1.54, 1.807) is 0 Å². The largest absolute Gasteiger partial charge is 0.454 e. The van der Waals surface area contributed by atoms with E-state index >= 15 is 0 Å². The van der Waals surface area contributed by atoms with E-state index < -0.39 is 0 Å². The summed E-state index contributed by atoms with van der Waals surface area (Å²) in [5, 5.41) is 10.00. The molecule has 1 amide bonds. The number of ether oxygens (including phenoxy) is 4. The monoisotopic (exact) mass is 465 g/mol. The number of rotatable bonds is 2. The van der Waals surface area contributed by atoms with Crippen molar-refractivity contribution < 1.29 is 33.6 Å². The van der Waals surface area contributed by atoms with Gasteiger partial charge in [0.05, 0.1) is 12.5 Å². The van der Waals surface area contributed by atoms with Crippen LogP contribution in [0.2, 0.25) is 0 Å². The van der Waals surface area contributed by atoms with Gasteiger partial charge in [-0.25, -0.2) is 0 Å². The van der Waals surface area contributed by atoms with Crippen molar-refractivity contribution in [1.29, 1.82) is 0 Å². The molecule has 1 fully saturated rings. The second kappa shape index (κ2) is 16.2. The lowest BCUT2D eigenvalue weighted by molar-refractivity contribution is -0.189. The van der Waals surface area contributed by atoms with Gasteiger partial charge in [-0.05, 0) is 62.3 Å². The van der Waals surface area contributed by atoms with E-state index in [1.165, 1.54) is 6.92 Å². The van der Waals surface area contributed by atoms with Crippen LogP contribution < -0.4 is 14.8 Å². The number of aldehydes is 1. The average molecular weight is 466 g/mol. The molecule has 0 aromatic heterocycles. The Kier molecular flexibility index (Phi) is 14.1. The first-order valence-electron chi connectivity index (χ1n) is 11.6. The van der Waals surface area contributed by atoms with E-state index in [1.807, 2.05) is 26.0 Å². The molecule has 0 aliphatic carbocycles. The van der Waals surface area contributed by atoms with Crippen molar-refractivity contribution in [3.63, 3.8) is 0 Å². The third kappa shape index (κ3) is 9.53. The zero-order valence-electron chi connectivity index (χ0n) is 20.4. The molecule has 1 aromatic carbocycles. The summed E-state index contributed by atoms with van der Waals surface area (Å²) in [5.74, 6) is 1.46. The highest BCUT2D eigenvalue weighted by molar-refractivity contribution is 5.76. The number of benzene rings is 1. The van der Waals surface area contributed by atoms with Crippen LogP contribution in [0.15, 0.2) is 24.3 Å². The fourth-order valence-corrected chi connectivity index (χ4v) is 3.69. The Morgan fingerprint density at radius 3 is 2.36 bits per heavy atom. The van der Waals surface area contributed by atoms with E-state index in [0.29, 0.717) is 19.4 Å². The Morgan fingerprint density at radius 2 is 1.76 bits per heavy atom. The molecule has 2 atom stereocenters. The minimum Gasteiger partial charge on any atom is -0.454 e. The third-order valence-electron chi connectivity index (χ3n) is 5.02. The number of fused-ring (bicyclic) bond motifs is 2. The SMILES string of the molecule is C=C1Cc2cc3c(cc2CNC(=O)C[C@H](OC2CCCCO2)C1)OCO3.CC.CC=O.CO. The topological polar surface area (TPSA) is 103 Å². The number of hydrogen-bond acceptors (Lipinski definition) is 7. The predicted octanol–water partition coefficient (Wildman–Crippen LogP) is 3.68. The Labute approximate surface area is 197 Å². The highest BCUT2D eigenvalue weighted by Crippen LogP contribution is 2.36. The van der Waals surface area contributed by atoms with Gasteiger partial charge in [0.2, 0.25) is 12.7 Å². The second-order valence-electron chi connectivity index (χ2n) is 7.38. The maximum Gasteiger partial charge on any atom is 0.231 e. The summed E-state index contributed by atoms with van der Waals surface area (Å²) in [6.45, 7) is 11.1. The van der Waals surface area contributed by atoms with Gasteiger partial charge in [-0.2, -0.15) is 0 Å². The fourth-order valence-electron chi connectivity index (χ4n) is 3.69. The van der Waals surface area contributed by atoms with Crippen molar-refractivity contribution in [1.82, 2.24) is 5.32 Å². The first-order chi connectivity index (χ1) is 16.1. The predicted molar refractivity (Wildman–Crippen MR) is 126 cm³/mol. The number of aliphatic hydroxyl groups excluding tert-OH is 1. The molecule has 8 heteroatoms. The fraction of sp³-hybridized carbons (Fsp3) is 0.600. The second-order valence-corrected chi connectivity index (χ2v) is 7.38.